The molecule has 1 saturated heterocycles. The molecule has 0 radical (unpaired) electrons. The molecule has 2 N–H and O–H groups in total. The van der Waals surface area contributed by atoms with E-state index in [1.54, 1.807) is 24.3 Å². The molecule has 120 valence electrons. The van der Waals surface area contributed by atoms with Gasteiger partial charge in [-0.15, -0.1) is 0 Å². The van der Waals surface area contributed by atoms with E-state index in [-0.39, 0.29) is 24.0 Å². The number of ether oxygens (including phenoxy) is 1. The average molecular weight is 305 g/mol. The highest BCUT2D eigenvalue weighted by Crippen LogP contribution is 2.15. The molecule has 22 heavy (non-hydrogen) atoms. The number of carbonyl (C=O) groups is 2. The van der Waals surface area contributed by atoms with Crippen LogP contribution in [0.2, 0.25) is 0 Å². The summed E-state index contributed by atoms with van der Waals surface area (Å²) in [7, 11) is 0. The van der Waals surface area contributed by atoms with Crippen LogP contribution in [-0.4, -0.2) is 48.6 Å². The fourth-order valence-corrected chi connectivity index (χ4v) is 2.70. The first-order valence-electron chi connectivity index (χ1n) is 7.47. The first-order chi connectivity index (χ1) is 10.4. The van der Waals surface area contributed by atoms with Gasteiger partial charge in [0.15, 0.2) is 0 Å². The summed E-state index contributed by atoms with van der Waals surface area (Å²) in [6, 6.07) is 7.11. The third-order valence-corrected chi connectivity index (χ3v) is 3.33. The van der Waals surface area contributed by atoms with Gasteiger partial charge in [-0.3, -0.25) is 14.5 Å². The number of hydrogen-bond donors (Lipinski definition) is 2. The van der Waals surface area contributed by atoms with Crippen molar-refractivity contribution in [2.75, 3.05) is 30.3 Å². The molecule has 0 aliphatic carbocycles. The molecule has 6 heteroatoms. The normalized spacial score (nSPS) is 22.1. The maximum atomic E-state index is 12.1. The zero-order chi connectivity index (χ0) is 16.1. The topological polar surface area (TPSA) is 70.7 Å². The smallest absolute Gasteiger partial charge is 0.238 e. The van der Waals surface area contributed by atoms with Gasteiger partial charge in [0, 0.05) is 31.4 Å². The molecule has 6 nitrogen and oxygen atoms in total. The number of amides is 2. The zero-order valence-electron chi connectivity index (χ0n) is 13.3. The molecule has 1 aromatic carbocycles. The number of nitrogens with one attached hydrogen (secondary N) is 2. The average Bonchev–Trinajstić information content (AvgIpc) is 2.36. The molecule has 2 amide bonds. The molecule has 1 aromatic rings. The van der Waals surface area contributed by atoms with E-state index in [2.05, 4.69) is 15.5 Å². The van der Waals surface area contributed by atoms with E-state index < -0.39 is 0 Å². The summed E-state index contributed by atoms with van der Waals surface area (Å²) in [5.74, 6) is -0.207. The van der Waals surface area contributed by atoms with Crippen LogP contribution in [0.25, 0.3) is 0 Å². The molecule has 2 rings (SSSR count). The summed E-state index contributed by atoms with van der Waals surface area (Å²) in [6.07, 6.45) is 0.277. The standard InChI is InChI=1S/C16H23N3O3/c1-11-8-19(9-12(2)22-11)10-16(21)18-15-6-4-5-14(7-15)17-13(3)20/h4-7,11-12H,8-10H2,1-3H3,(H,17,20)(H,18,21). The van der Waals surface area contributed by atoms with Crippen molar-refractivity contribution in [1.29, 1.82) is 0 Å². The van der Waals surface area contributed by atoms with Crippen LogP contribution >= 0.6 is 0 Å². The van der Waals surface area contributed by atoms with E-state index in [1.165, 1.54) is 6.92 Å². The second-order valence-corrected chi connectivity index (χ2v) is 5.76. The minimum absolute atomic E-state index is 0.0683. The third kappa shape index (κ3) is 5.13. The van der Waals surface area contributed by atoms with Crippen molar-refractivity contribution < 1.29 is 14.3 Å². The van der Waals surface area contributed by atoms with Crippen LogP contribution in [0.5, 0.6) is 0 Å². The van der Waals surface area contributed by atoms with E-state index in [0.29, 0.717) is 17.9 Å². The van der Waals surface area contributed by atoms with E-state index in [0.717, 1.165) is 13.1 Å². The Kier molecular flexibility index (Phi) is 5.51. The molecule has 2 atom stereocenters. The molecule has 1 aliphatic rings. The van der Waals surface area contributed by atoms with E-state index in [9.17, 15) is 9.59 Å². The second kappa shape index (κ2) is 7.38. The van der Waals surface area contributed by atoms with Crippen molar-refractivity contribution in [2.24, 2.45) is 0 Å². The summed E-state index contributed by atoms with van der Waals surface area (Å²) >= 11 is 0. The van der Waals surface area contributed by atoms with Gasteiger partial charge in [0.25, 0.3) is 0 Å². The van der Waals surface area contributed by atoms with Crippen molar-refractivity contribution in [3.05, 3.63) is 24.3 Å². The molecule has 1 heterocycles. The summed E-state index contributed by atoms with van der Waals surface area (Å²) in [6.45, 7) is 7.32. The lowest BCUT2D eigenvalue weighted by Crippen LogP contribution is -2.48. The monoisotopic (exact) mass is 305 g/mol. The van der Waals surface area contributed by atoms with Gasteiger partial charge in [0.2, 0.25) is 11.8 Å². The van der Waals surface area contributed by atoms with Gasteiger partial charge in [0.1, 0.15) is 0 Å². The number of nitrogens with zero attached hydrogens (tertiary/aromatic N) is 1. The lowest BCUT2D eigenvalue weighted by Gasteiger charge is -2.34. The van der Waals surface area contributed by atoms with E-state index in [4.69, 9.17) is 4.74 Å². The highest BCUT2D eigenvalue weighted by Gasteiger charge is 2.23. The van der Waals surface area contributed by atoms with Crippen LogP contribution in [-0.2, 0) is 14.3 Å². The number of rotatable bonds is 4. The Labute approximate surface area is 130 Å². The molecule has 0 aromatic heterocycles. The number of carbonyl (C=O) groups excluding carboxylic acids is 2. The summed E-state index contributed by atoms with van der Waals surface area (Å²) in [4.78, 5) is 25.3. The lowest BCUT2D eigenvalue weighted by atomic mass is 10.2. The van der Waals surface area contributed by atoms with Crippen LogP contribution in [0.1, 0.15) is 20.8 Å². The fraction of sp³-hybridized carbons (Fsp3) is 0.500. The Bertz CT molecular complexity index is 537. The molecule has 0 saturated carbocycles. The highest BCUT2D eigenvalue weighted by molar-refractivity contribution is 5.94. The predicted molar refractivity (Wildman–Crippen MR) is 85.8 cm³/mol. The summed E-state index contributed by atoms with van der Waals surface area (Å²) < 4.78 is 5.66. The first-order valence-corrected chi connectivity index (χ1v) is 7.47. The van der Waals surface area contributed by atoms with Gasteiger partial charge in [-0.05, 0) is 32.0 Å². The van der Waals surface area contributed by atoms with Crippen molar-refractivity contribution in [3.63, 3.8) is 0 Å². The maximum absolute atomic E-state index is 12.1. The Morgan fingerprint density at radius 2 is 1.77 bits per heavy atom. The van der Waals surface area contributed by atoms with E-state index in [1.807, 2.05) is 13.8 Å². The Morgan fingerprint density at radius 3 is 2.36 bits per heavy atom. The van der Waals surface area contributed by atoms with Crippen molar-refractivity contribution in [2.45, 2.75) is 33.0 Å². The largest absolute Gasteiger partial charge is 0.373 e. The molecular weight excluding hydrogens is 282 g/mol. The van der Waals surface area contributed by atoms with Crippen molar-refractivity contribution in [1.82, 2.24) is 4.90 Å². The van der Waals surface area contributed by atoms with Gasteiger partial charge >= 0.3 is 0 Å². The molecule has 1 aliphatic heterocycles. The predicted octanol–water partition coefficient (Wildman–Crippen LogP) is 1.69. The molecule has 0 bridgehead atoms. The fourth-order valence-electron chi connectivity index (χ4n) is 2.70. The SMILES string of the molecule is CC(=O)Nc1cccc(NC(=O)CN2CC(C)OC(C)C2)c1. The van der Waals surface area contributed by atoms with Crippen LogP contribution in [0.4, 0.5) is 11.4 Å². The number of hydrogen-bond acceptors (Lipinski definition) is 4. The van der Waals surface area contributed by atoms with Gasteiger partial charge in [-0.25, -0.2) is 0 Å². The minimum Gasteiger partial charge on any atom is -0.373 e. The lowest BCUT2D eigenvalue weighted by molar-refractivity contribution is -0.121. The van der Waals surface area contributed by atoms with Crippen LogP contribution in [0.3, 0.4) is 0 Å². The number of anilines is 2. The van der Waals surface area contributed by atoms with Crippen LogP contribution in [0.15, 0.2) is 24.3 Å². The minimum atomic E-state index is -0.139. The number of morpholine rings is 1. The highest BCUT2D eigenvalue weighted by atomic mass is 16.5. The van der Waals surface area contributed by atoms with Gasteiger partial charge in [-0.2, -0.15) is 0 Å². The summed E-state index contributed by atoms with van der Waals surface area (Å²) in [5, 5.41) is 5.55. The maximum Gasteiger partial charge on any atom is 0.238 e. The molecular formula is C16H23N3O3. The summed E-state index contributed by atoms with van der Waals surface area (Å²) in [5.41, 5.74) is 1.34. The molecule has 2 unspecified atom stereocenters. The van der Waals surface area contributed by atoms with Crippen LogP contribution < -0.4 is 10.6 Å². The molecule has 0 spiro atoms. The van der Waals surface area contributed by atoms with Crippen molar-refractivity contribution >= 4 is 23.2 Å². The van der Waals surface area contributed by atoms with Gasteiger partial charge in [-0.1, -0.05) is 6.07 Å². The third-order valence-electron chi connectivity index (χ3n) is 3.33. The second-order valence-electron chi connectivity index (χ2n) is 5.76. The quantitative estimate of drug-likeness (QED) is 0.888. The van der Waals surface area contributed by atoms with Gasteiger partial charge < -0.3 is 15.4 Å². The zero-order valence-corrected chi connectivity index (χ0v) is 13.3. The Morgan fingerprint density at radius 1 is 1.18 bits per heavy atom. The Hall–Kier alpha value is -1.92. The van der Waals surface area contributed by atoms with Crippen LogP contribution in [0, 0.1) is 0 Å². The molecule has 1 fully saturated rings. The van der Waals surface area contributed by atoms with Gasteiger partial charge in [0.05, 0.1) is 18.8 Å². The number of benzene rings is 1. The van der Waals surface area contributed by atoms with E-state index >= 15 is 0 Å². The Balaban J connectivity index is 1.90. The van der Waals surface area contributed by atoms with Crippen molar-refractivity contribution in [3.8, 4) is 0 Å². The first kappa shape index (κ1) is 16.5.